The van der Waals surface area contributed by atoms with E-state index in [2.05, 4.69) is 20.5 Å². The molecule has 0 aliphatic rings. The van der Waals surface area contributed by atoms with Gasteiger partial charge in [0, 0.05) is 23.7 Å². The van der Waals surface area contributed by atoms with Gasteiger partial charge in [-0.2, -0.15) is 5.10 Å². The molecule has 6 heteroatoms. The molecule has 1 amide bonds. The number of hydrogen-bond donors (Lipinski definition) is 2. The molecule has 114 valence electrons. The predicted molar refractivity (Wildman–Crippen MR) is 83.9 cm³/mol. The molecule has 0 saturated carbocycles. The highest BCUT2D eigenvalue weighted by molar-refractivity contribution is 5.94. The first-order valence-electron chi connectivity index (χ1n) is 7.23. The molecule has 3 aromatic rings. The lowest BCUT2D eigenvalue weighted by atomic mass is 10.1. The molecule has 6 nitrogen and oxygen atoms in total. The minimum absolute atomic E-state index is 0.105. The summed E-state index contributed by atoms with van der Waals surface area (Å²) in [7, 11) is 0. The Hall–Kier alpha value is -2.63. The Labute approximate surface area is 128 Å². The van der Waals surface area contributed by atoms with Crippen molar-refractivity contribution < 1.29 is 4.79 Å². The highest BCUT2D eigenvalue weighted by Crippen LogP contribution is 2.19. The number of aryl methyl sites for hydroxylation is 3. The lowest BCUT2D eigenvalue weighted by molar-refractivity contribution is 0.0939. The molecule has 22 heavy (non-hydrogen) atoms. The maximum absolute atomic E-state index is 12.4. The van der Waals surface area contributed by atoms with Gasteiger partial charge in [0.2, 0.25) is 0 Å². The molecule has 0 radical (unpaired) electrons. The quantitative estimate of drug-likeness (QED) is 0.780. The average molecular weight is 297 g/mol. The van der Waals surface area contributed by atoms with Crippen molar-refractivity contribution in [1.82, 2.24) is 24.9 Å². The molecular formula is C16H19N5O. The van der Waals surface area contributed by atoms with E-state index in [-0.39, 0.29) is 11.9 Å². The van der Waals surface area contributed by atoms with E-state index in [1.54, 1.807) is 12.3 Å². The number of carbonyl (C=O) groups is 1. The Morgan fingerprint density at radius 3 is 2.73 bits per heavy atom. The van der Waals surface area contributed by atoms with E-state index in [9.17, 15) is 4.79 Å². The first-order chi connectivity index (χ1) is 10.5. The van der Waals surface area contributed by atoms with Crippen molar-refractivity contribution in [3.8, 4) is 0 Å². The van der Waals surface area contributed by atoms with Gasteiger partial charge < -0.3 is 9.72 Å². The van der Waals surface area contributed by atoms with E-state index < -0.39 is 0 Å². The second kappa shape index (κ2) is 5.29. The van der Waals surface area contributed by atoms with Crippen LogP contribution in [0, 0.1) is 20.8 Å². The second-order valence-corrected chi connectivity index (χ2v) is 5.61. The lowest BCUT2D eigenvalue weighted by Crippen LogP contribution is -2.27. The highest BCUT2D eigenvalue weighted by Gasteiger charge is 2.17. The van der Waals surface area contributed by atoms with Crippen LogP contribution >= 0.6 is 0 Å². The summed E-state index contributed by atoms with van der Waals surface area (Å²) >= 11 is 0. The first kappa shape index (κ1) is 14.3. The molecule has 0 spiro atoms. The fourth-order valence-corrected chi connectivity index (χ4v) is 2.80. The minimum atomic E-state index is -0.110. The van der Waals surface area contributed by atoms with Gasteiger partial charge in [0.05, 0.1) is 23.0 Å². The van der Waals surface area contributed by atoms with Gasteiger partial charge in [-0.1, -0.05) is 0 Å². The van der Waals surface area contributed by atoms with Crippen LogP contribution < -0.4 is 5.32 Å². The van der Waals surface area contributed by atoms with Crippen LogP contribution in [0.2, 0.25) is 0 Å². The van der Waals surface area contributed by atoms with Crippen molar-refractivity contribution >= 4 is 11.6 Å². The zero-order valence-electron chi connectivity index (χ0n) is 13.1. The number of H-pyrrole nitrogens is 1. The number of carbonyl (C=O) groups excluding carboxylic acids is 1. The fourth-order valence-electron chi connectivity index (χ4n) is 2.80. The zero-order chi connectivity index (χ0) is 15.9. The predicted octanol–water partition coefficient (Wildman–Crippen LogP) is 2.47. The van der Waals surface area contributed by atoms with Crippen LogP contribution in [0.1, 0.15) is 46.0 Å². The molecule has 0 aromatic carbocycles. The second-order valence-electron chi connectivity index (χ2n) is 5.61. The minimum Gasteiger partial charge on any atom is -0.345 e. The number of nitrogens with one attached hydrogen (secondary N) is 2. The highest BCUT2D eigenvalue weighted by atomic mass is 16.1. The third-order valence-corrected chi connectivity index (χ3v) is 3.80. The normalized spacial score (nSPS) is 12.5. The largest absolute Gasteiger partial charge is 0.345 e. The summed E-state index contributed by atoms with van der Waals surface area (Å²) in [4.78, 5) is 16.8. The Balaban J connectivity index is 1.83. The van der Waals surface area contributed by atoms with E-state index in [0.717, 1.165) is 28.3 Å². The van der Waals surface area contributed by atoms with Crippen LogP contribution in [-0.4, -0.2) is 25.5 Å². The van der Waals surface area contributed by atoms with Crippen molar-refractivity contribution in [3.05, 3.63) is 52.7 Å². The molecule has 0 bridgehead atoms. The molecule has 3 aromatic heterocycles. The standard InChI is InChI=1S/C16H19N5O/c1-9-7-21-8-13(5-6-14(21)17-9)16(22)18-10(2)15-11(3)19-20-12(15)4/h5-8,10H,1-4H3,(H,18,22)(H,19,20). The van der Waals surface area contributed by atoms with Crippen LogP contribution in [0.5, 0.6) is 0 Å². The fraction of sp³-hybridized carbons (Fsp3) is 0.312. The Bertz CT molecular complexity index is 826. The summed E-state index contributed by atoms with van der Waals surface area (Å²) in [6.45, 7) is 7.78. The number of hydrogen-bond acceptors (Lipinski definition) is 3. The third kappa shape index (κ3) is 2.47. The summed E-state index contributed by atoms with van der Waals surface area (Å²) in [5.41, 5.74) is 5.29. The van der Waals surface area contributed by atoms with Crippen LogP contribution in [0.4, 0.5) is 0 Å². The number of fused-ring (bicyclic) bond motifs is 1. The summed E-state index contributed by atoms with van der Waals surface area (Å²) < 4.78 is 1.86. The van der Waals surface area contributed by atoms with Gasteiger partial charge in [-0.05, 0) is 39.8 Å². The average Bonchev–Trinajstić information content (AvgIpc) is 2.99. The van der Waals surface area contributed by atoms with Crippen molar-refractivity contribution in [2.75, 3.05) is 0 Å². The summed E-state index contributed by atoms with van der Waals surface area (Å²) in [6, 6.07) is 3.53. The molecule has 3 rings (SSSR count). The molecule has 0 aliphatic carbocycles. The van der Waals surface area contributed by atoms with Crippen molar-refractivity contribution in [2.45, 2.75) is 33.7 Å². The topological polar surface area (TPSA) is 75.1 Å². The monoisotopic (exact) mass is 297 g/mol. The molecule has 3 heterocycles. The van der Waals surface area contributed by atoms with E-state index in [0.29, 0.717) is 5.56 Å². The number of aromatic nitrogens is 4. The molecule has 0 aliphatic heterocycles. The Morgan fingerprint density at radius 2 is 2.05 bits per heavy atom. The molecular weight excluding hydrogens is 278 g/mol. The third-order valence-electron chi connectivity index (χ3n) is 3.80. The Kier molecular flexibility index (Phi) is 3.44. The van der Waals surface area contributed by atoms with Crippen molar-refractivity contribution in [2.24, 2.45) is 0 Å². The number of imidazole rings is 1. The maximum Gasteiger partial charge on any atom is 0.253 e. The lowest BCUT2D eigenvalue weighted by Gasteiger charge is -2.14. The number of nitrogens with zero attached hydrogens (tertiary/aromatic N) is 3. The molecule has 1 atom stereocenters. The van der Waals surface area contributed by atoms with Crippen LogP contribution in [-0.2, 0) is 0 Å². The molecule has 0 saturated heterocycles. The summed E-state index contributed by atoms with van der Waals surface area (Å²) in [5.74, 6) is -0.110. The van der Waals surface area contributed by atoms with Crippen LogP contribution in [0.25, 0.3) is 5.65 Å². The Morgan fingerprint density at radius 1 is 1.27 bits per heavy atom. The maximum atomic E-state index is 12.4. The van der Waals surface area contributed by atoms with Gasteiger partial charge >= 0.3 is 0 Å². The van der Waals surface area contributed by atoms with Gasteiger partial charge in [0.25, 0.3) is 5.91 Å². The summed E-state index contributed by atoms with van der Waals surface area (Å²) in [6.07, 6.45) is 3.70. The van der Waals surface area contributed by atoms with Crippen LogP contribution in [0.15, 0.2) is 24.5 Å². The van der Waals surface area contributed by atoms with E-state index in [1.807, 2.05) is 44.4 Å². The summed E-state index contributed by atoms with van der Waals surface area (Å²) in [5, 5.41) is 10.1. The smallest absolute Gasteiger partial charge is 0.253 e. The van der Waals surface area contributed by atoms with Gasteiger partial charge in [0.1, 0.15) is 5.65 Å². The van der Waals surface area contributed by atoms with Gasteiger partial charge in [-0.3, -0.25) is 9.89 Å². The van der Waals surface area contributed by atoms with E-state index in [1.165, 1.54) is 0 Å². The molecule has 2 N–H and O–H groups in total. The zero-order valence-corrected chi connectivity index (χ0v) is 13.1. The molecule has 1 unspecified atom stereocenters. The van der Waals surface area contributed by atoms with Crippen molar-refractivity contribution in [1.29, 1.82) is 0 Å². The van der Waals surface area contributed by atoms with Crippen molar-refractivity contribution in [3.63, 3.8) is 0 Å². The van der Waals surface area contributed by atoms with Gasteiger partial charge in [-0.15, -0.1) is 0 Å². The van der Waals surface area contributed by atoms with Crippen LogP contribution in [0.3, 0.4) is 0 Å². The number of pyridine rings is 1. The number of amides is 1. The first-order valence-corrected chi connectivity index (χ1v) is 7.23. The number of aromatic amines is 1. The van der Waals surface area contributed by atoms with Gasteiger partial charge in [-0.25, -0.2) is 4.98 Å². The van der Waals surface area contributed by atoms with Gasteiger partial charge in [0.15, 0.2) is 0 Å². The van der Waals surface area contributed by atoms with E-state index in [4.69, 9.17) is 0 Å². The SMILES string of the molecule is Cc1cn2cc(C(=O)NC(C)c3c(C)n[nH]c3C)ccc2n1. The molecule has 0 fully saturated rings. The van der Waals surface area contributed by atoms with E-state index >= 15 is 0 Å². The number of rotatable bonds is 3.